The van der Waals surface area contributed by atoms with Crippen LogP contribution in [0.4, 0.5) is 11.8 Å². The smallest absolute Gasteiger partial charge is 0.227 e. The highest BCUT2D eigenvalue weighted by Gasteiger charge is 2.12. The molecule has 1 heterocycles. The third-order valence-electron chi connectivity index (χ3n) is 3.74. The normalized spacial score (nSPS) is 10.6. The second-order valence-electron chi connectivity index (χ2n) is 6.00. The molecule has 0 N–H and O–H groups in total. The van der Waals surface area contributed by atoms with E-state index in [4.69, 9.17) is 4.98 Å². The van der Waals surface area contributed by atoms with E-state index in [0.717, 1.165) is 49.9 Å². The Balaban J connectivity index is 2.21. The molecule has 0 aliphatic carbocycles. The fourth-order valence-corrected chi connectivity index (χ4v) is 2.68. The van der Waals surface area contributed by atoms with E-state index in [1.165, 1.54) is 5.56 Å². The summed E-state index contributed by atoms with van der Waals surface area (Å²) in [5.41, 5.74) is 2.28. The van der Waals surface area contributed by atoms with Crippen molar-refractivity contribution in [2.75, 3.05) is 29.9 Å². The number of benzene rings is 1. The highest BCUT2D eigenvalue weighted by atomic mass is 15.3. The molecule has 0 aliphatic rings. The minimum absolute atomic E-state index is 0.793. The maximum atomic E-state index is 4.81. The maximum Gasteiger partial charge on any atom is 0.227 e. The summed E-state index contributed by atoms with van der Waals surface area (Å²) in [5, 5.41) is 0. The summed E-state index contributed by atoms with van der Waals surface area (Å²) in [7, 11) is 2.05. The van der Waals surface area contributed by atoms with Crippen LogP contribution in [0.25, 0.3) is 0 Å². The standard InChI is InChI=1S/C19H28N4/c1-5-12-23(13-6-2)18-14-16(3)20-19(21-18)22(4)15-17-10-8-7-9-11-17/h7-11,14H,5-6,12-13,15H2,1-4H3. The fraction of sp³-hybridized carbons (Fsp3) is 0.474. The number of aromatic nitrogens is 2. The third-order valence-corrected chi connectivity index (χ3v) is 3.74. The summed E-state index contributed by atoms with van der Waals surface area (Å²) in [5.74, 6) is 1.83. The molecule has 23 heavy (non-hydrogen) atoms. The zero-order chi connectivity index (χ0) is 16.7. The van der Waals surface area contributed by atoms with E-state index >= 15 is 0 Å². The number of anilines is 2. The van der Waals surface area contributed by atoms with Crippen LogP contribution in [0.5, 0.6) is 0 Å². The molecule has 0 saturated carbocycles. The van der Waals surface area contributed by atoms with Crippen molar-refractivity contribution in [1.82, 2.24) is 9.97 Å². The van der Waals surface area contributed by atoms with Gasteiger partial charge < -0.3 is 9.80 Å². The van der Waals surface area contributed by atoms with Gasteiger partial charge in [-0.1, -0.05) is 44.2 Å². The van der Waals surface area contributed by atoms with Gasteiger partial charge in [0, 0.05) is 38.4 Å². The monoisotopic (exact) mass is 312 g/mol. The lowest BCUT2D eigenvalue weighted by Gasteiger charge is -2.25. The molecule has 124 valence electrons. The Labute approximate surface area is 140 Å². The topological polar surface area (TPSA) is 32.3 Å². The Morgan fingerprint density at radius 2 is 1.61 bits per heavy atom. The summed E-state index contributed by atoms with van der Waals surface area (Å²) < 4.78 is 0. The Kier molecular flexibility index (Phi) is 6.39. The molecule has 2 aromatic rings. The van der Waals surface area contributed by atoms with Gasteiger partial charge in [0.1, 0.15) is 5.82 Å². The van der Waals surface area contributed by atoms with Gasteiger partial charge in [-0.25, -0.2) is 4.98 Å². The molecule has 1 aromatic carbocycles. The zero-order valence-corrected chi connectivity index (χ0v) is 14.8. The quantitative estimate of drug-likeness (QED) is 0.736. The van der Waals surface area contributed by atoms with Gasteiger partial charge in [-0.15, -0.1) is 0 Å². The van der Waals surface area contributed by atoms with Crippen molar-refractivity contribution in [2.45, 2.75) is 40.2 Å². The first kappa shape index (κ1) is 17.3. The fourth-order valence-electron chi connectivity index (χ4n) is 2.68. The van der Waals surface area contributed by atoms with Crippen molar-refractivity contribution in [2.24, 2.45) is 0 Å². The number of aryl methyl sites for hydroxylation is 1. The molecule has 0 bridgehead atoms. The van der Waals surface area contributed by atoms with Crippen LogP contribution in [0.1, 0.15) is 37.9 Å². The van der Waals surface area contributed by atoms with Crippen molar-refractivity contribution < 1.29 is 0 Å². The molecule has 0 spiro atoms. The van der Waals surface area contributed by atoms with Crippen LogP contribution in [-0.2, 0) is 6.54 Å². The van der Waals surface area contributed by atoms with Gasteiger partial charge in [0.2, 0.25) is 5.95 Å². The van der Waals surface area contributed by atoms with Crippen molar-refractivity contribution in [1.29, 1.82) is 0 Å². The van der Waals surface area contributed by atoms with Gasteiger partial charge in [0.25, 0.3) is 0 Å². The zero-order valence-electron chi connectivity index (χ0n) is 14.8. The van der Waals surface area contributed by atoms with Crippen LogP contribution in [0.3, 0.4) is 0 Å². The van der Waals surface area contributed by atoms with Gasteiger partial charge in [0.05, 0.1) is 0 Å². The molecule has 4 heteroatoms. The van der Waals surface area contributed by atoms with Crippen LogP contribution in [0.15, 0.2) is 36.4 Å². The Bertz CT molecular complexity index is 592. The van der Waals surface area contributed by atoms with E-state index < -0.39 is 0 Å². The first-order chi connectivity index (χ1) is 11.1. The SMILES string of the molecule is CCCN(CCC)c1cc(C)nc(N(C)Cc2ccccc2)n1. The number of hydrogen-bond donors (Lipinski definition) is 0. The molecule has 2 rings (SSSR count). The third kappa shape index (κ3) is 4.95. The second kappa shape index (κ2) is 8.51. The Hall–Kier alpha value is -2.10. The predicted molar refractivity (Wildman–Crippen MR) is 98.1 cm³/mol. The van der Waals surface area contributed by atoms with E-state index in [2.05, 4.69) is 66.0 Å². The minimum Gasteiger partial charge on any atom is -0.356 e. The highest BCUT2D eigenvalue weighted by Crippen LogP contribution is 2.19. The molecule has 0 radical (unpaired) electrons. The molecular formula is C19H28N4. The largest absolute Gasteiger partial charge is 0.356 e. The lowest BCUT2D eigenvalue weighted by atomic mass is 10.2. The second-order valence-corrected chi connectivity index (χ2v) is 6.00. The number of rotatable bonds is 8. The summed E-state index contributed by atoms with van der Waals surface area (Å²) >= 11 is 0. The molecule has 0 atom stereocenters. The molecule has 0 fully saturated rings. The molecular weight excluding hydrogens is 284 g/mol. The number of hydrogen-bond acceptors (Lipinski definition) is 4. The van der Waals surface area contributed by atoms with Gasteiger partial charge >= 0.3 is 0 Å². The van der Waals surface area contributed by atoms with E-state index in [0.29, 0.717) is 0 Å². The van der Waals surface area contributed by atoms with Crippen LogP contribution in [-0.4, -0.2) is 30.1 Å². The summed E-state index contributed by atoms with van der Waals surface area (Å²) in [6, 6.07) is 12.5. The Morgan fingerprint density at radius 1 is 0.957 bits per heavy atom. The van der Waals surface area contributed by atoms with Crippen molar-refractivity contribution in [3.8, 4) is 0 Å². The van der Waals surface area contributed by atoms with Gasteiger partial charge in [0.15, 0.2) is 0 Å². The predicted octanol–water partition coefficient (Wildman–Crippen LogP) is 4.05. The molecule has 0 saturated heterocycles. The van der Waals surface area contributed by atoms with E-state index in [1.807, 2.05) is 13.0 Å². The summed E-state index contributed by atoms with van der Waals surface area (Å²) in [6.07, 6.45) is 2.25. The average Bonchev–Trinajstić information content (AvgIpc) is 2.55. The number of nitrogens with zero attached hydrogens (tertiary/aromatic N) is 4. The van der Waals surface area contributed by atoms with Crippen LogP contribution in [0.2, 0.25) is 0 Å². The highest BCUT2D eigenvalue weighted by molar-refractivity contribution is 5.46. The lowest BCUT2D eigenvalue weighted by molar-refractivity contribution is 0.728. The summed E-state index contributed by atoms with van der Waals surface area (Å²) in [6.45, 7) is 9.34. The van der Waals surface area contributed by atoms with Crippen molar-refractivity contribution in [3.63, 3.8) is 0 Å². The molecule has 4 nitrogen and oxygen atoms in total. The van der Waals surface area contributed by atoms with Crippen molar-refractivity contribution in [3.05, 3.63) is 47.7 Å². The van der Waals surface area contributed by atoms with E-state index in [-0.39, 0.29) is 0 Å². The molecule has 1 aromatic heterocycles. The molecule has 0 aliphatic heterocycles. The van der Waals surface area contributed by atoms with Crippen molar-refractivity contribution >= 4 is 11.8 Å². The maximum absolute atomic E-state index is 4.81. The average molecular weight is 312 g/mol. The summed E-state index contributed by atoms with van der Waals surface area (Å²) in [4.78, 5) is 13.9. The van der Waals surface area contributed by atoms with Gasteiger partial charge in [-0.3, -0.25) is 0 Å². The first-order valence-corrected chi connectivity index (χ1v) is 8.49. The molecule has 0 unspecified atom stereocenters. The first-order valence-electron chi connectivity index (χ1n) is 8.49. The van der Waals surface area contributed by atoms with E-state index in [1.54, 1.807) is 0 Å². The Morgan fingerprint density at radius 3 is 2.22 bits per heavy atom. The van der Waals surface area contributed by atoms with Gasteiger partial charge in [-0.2, -0.15) is 4.98 Å². The van der Waals surface area contributed by atoms with Gasteiger partial charge in [-0.05, 0) is 25.3 Å². The minimum atomic E-state index is 0.793. The van der Waals surface area contributed by atoms with Crippen LogP contribution in [0, 0.1) is 6.92 Å². The van der Waals surface area contributed by atoms with E-state index in [9.17, 15) is 0 Å². The lowest BCUT2D eigenvalue weighted by Crippen LogP contribution is -2.27. The molecule has 0 amide bonds. The van der Waals surface area contributed by atoms with Crippen LogP contribution >= 0.6 is 0 Å². The van der Waals surface area contributed by atoms with Crippen LogP contribution < -0.4 is 9.80 Å².